The normalized spacial score (nSPS) is 16.3. The average Bonchev–Trinajstić information content (AvgIpc) is 2.81. The maximum atomic E-state index is 5.28. The Morgan fingerprint density at radius 2 is 2.44 bits per heavy atom. The number of rotatable bonds is 3. The fourth-order valence-electron chi connectivity index (χ4n) is 1.86. The third-order valence-electron chi connectivity index (χ3n) is 2.97. The van der Waals surface area contributed by atoms with Gasteiger partial charge >= 0.3 is 0 Å². The minimum atomic E-state index is 0.395. The van der Waals surface area contributed by atoms with Gasteiger partial charge in [-0.15, -0.1) is 0 Å². The zero-order valence-electron chi connectivity index (χ0n) is 9.18. The summed E-state index contributed by atoms with van der Waals surface area (Å²) in [5.74, 6) is 1.83. The summed E-state index contributed by atoms with van der Waals surface area (Å²) in [7, 11) is 0. The Kier molecular flexibility index (Phi) is 2.25. The molecule has 1 N–H and O–H groups in total. The van der Waals surface area contributed by atoms with Crippen molar-refractivity contribution in [1.82, 2.24) is 20.0 Å². The van der Waals surface area contributed by atoms with E-state index in [1.54, 1.807) is 0 Å². The van der Waals surface area contributed by atoms with Gasteiger partial charge in [0.15, 0.2) is 0 Å². The lowest BCUT2D eigenvalue weighted by Gasteiger charge is -2.22. The maximum Gasteiger partial charge on any atom is 0.232 e. The van der Waals surface area contributed by atoms with Crippen LogP contribution in [0.2, 0.25) is 0 Å². The molecule has 0 radical (unpaired) electrons. The topological polar surface area (TPSA) is 55.9 Å². The third-order valence-corrected chi connectivity index (χ3v) is 2.97. The van der Waals surface area contributed by atoms with Gasteiger partial charge < -0.3 is 14.4 Å². The average molecular weight is 218 g/mol. The largest absolute Gasteiger partial charge is 0.345 e. The summed E-state index contributed by atoms with van der Waals surface area (Å²) >= 11 is 0. The van der Waals surface area contributed by atoms with Gasteiger partial charge in [0.05, 0.1) is 11.6 Å². The molecule has 0 unspecified atom stereocenters. The first-order chi connectivity index (χ1) is 7.88. The van der Waals surface area contributed by atoms with E-state index >= 15 is 0 Å². The quantitative estimate of drug-likeness (QED) is 0.842. The molecule has 0 atom stereocenters. The van der Waals surface area contributed by atoms with Gasteiger partial charge in [-0.25, -0.2) is 0 Å². The predicted octanol–water partition coefficient (Wildman–Crippen LogP) is 1.24. The van der Waals surface area contributed by atoms with E-state index in [0.29, 0.717) is 11.7 Å². The highest BCUT2D eigenvalue weighted by molar-refractivity contribution is 5.49. The first-order valence-electron chi connectivity index (χ1n) is 5.58. The Hall–Kier alpha value is -1.62. The second-order valence-corrected chi connectivity index (χ2v) is 3.99. The lowest BCUT2D eigenvalue weighted by Crippen LogP contribution is -2.40. The summed E-state index contributed by atoms with van der Waals surface area (Å²) < 4.78 is 7.38. The van der Waals surface area contributed by atoms with Gasteiger partial charge in [0, 0.05) is 25.8 Å². The van der Waals surface area contributed by atoms with Crippen molar-refractivity contribution in [2.45, 2.75) is 19.4 Å². The smallest absolute Gasteiger partial charge is 0.232 e. The number of aryl methyl sites for hydroxylation is 1. The number of aromatic nitrogens is 3. The van der Waals surface area contributed by atoms with Crippen LogP contribution < -0.4 is 5.32 Å². The number of hydrogen-bond acceptors (Lipinski definition) is 4. The molecule has 0 bridgehead atoms. The van der Waals surface area contributed by atoms with Gasteiger partial charge in [0.2, 0.25) is 11.7 Å². The van der Waals surface area contributed by atoms with Crippen molar-refractivity contribution < 1.29 is 4.52 Å². The Balaban J connectivity index is 1.91. The van der Waals surface area contributed by atoms with E-state index in [-0.39, 0.29) is 0 Å². The van der Waals surface area contributed by atoms with E-state index in [2.05, 4.69) is 26.9 Å². The molecule has 0 aliphatic carbocycles. The fourth-order valence-corrected chi connectivity index (χ4v) is 1.86. The van der Waals surface area contributed by atoms with Crippen molar-refractivity contribution in [3.63, 3.8) is 0 Å². The summed E-state index contributed by atoms with van der Waals surface area (Å²) in [6.45, 7) is 4.89. The van der Waals surface area contributed by atoms with Crippen LogP contribution in [0.25, 0.3) is 11.5 Å². The van der Waals surface area contributed by atoms with Crippen LogP contribution >= 0.6 is 0 Å². The highest BCUT2D eigenvalue weighted by atomic mass is 16.5. The first kappa shape index (κ1) is 9.59. The fraction of sp³-hybridized carbons (Fsp3) is 0.455. The van der Waals surface area contributed by atoms with Crippen molar-refractivity contribution in [3.05, 3.63) is 24.2 Å². The molecular formula is C11H14N4O. The van der Waals surface area contributed by atoms with Crippen molar-refractivity contribution in [2.75, 3.05) is 13.1 Å². The Labute approximate surface area is 93.5 Å². The van der Waals surface area contributed by atoms with E-state index in [4.69, 9.17) is 4.52 Å². The van der Waals surface area contributed by atoms with E-state index in [1.807, 2.05) is 18.3 Å². The molecular weight excluding hydrogens is 204 g/mol. The van der Waals surface area contributed by atoms with Crippen LogP contribution in [0.3, 0.4) is 0 Å². The lowest BCUT2D eigenvalue weighted by molar-refractivity contribution is 0.308. The monoisotopic (exact) mass is 218 g/mol. The van der Waals surface area contributed by atoms with Crippen LogP contribution in [0.1, 0.15) is 18.7 Å². The molecule has 0 spiro atoms. The molecule has 0 saturated carbocycles. The molecule has 5 heteroatoms. The molecule has 16 heavy (non-hydrogen) atoms. The van der Waals surface area contributed by atoms with E-state index in [1.165, 1.54) is 0 Å². The summed E-state index contributed by atoms with van der Waals surface area (Å²) in [6, 6.07) is 4.01. The van der Waals surface area contributed by atoms with Crippen LogP contribution in [0.4, 0.5) is 0 Å². The zero-order chi connectivity index (χ0) is 11.0. The number of hydrogen-bond donors (Lipinski definition) is 1. The van der Waals surface area contributed by atoms with Crippen molar-refractivity contribution in [2.24, 2.45) is 0 Å². The summed E-state index contributed by atoms with van der Waals surface area (Å²) in [5.41, 5.74) is 1.02. The molecule has 2 aromatic rings. The molecule has 1 saturated heterocycles. The highest BCUT2D eigenvalue weighted by Crippen LogP contribution is 2.22. The molecule has 1 aliphatic rings. The summed E-state index contributed by atoms with van der Waals surface area (Å²) in [5, 5.41) is 7.23. The summed E-state index contributed by atoms with van der Waals surface area (Å²) in [4.78, 5) is 4.44. The minimum Gasteiger partial charge on any atom is -0.345 e. The number of nitrogens with zero attached hydrogens (tertiary/aromatic N) is 3. The SMILES string of the molecule is CCn1cccc1-c1noc(C2CNC2)n1. The molecule has 2 aromatic heterocycles. The highest BCUT2D eigenvalue weighted by Gasteiger charge is 2.25. The maximum absolute atomic E-state index is 5.28. The number of nitrogens with one attached hydrogen (secondary N) is 1. The molecule has 0 amide bonds. The second kappa shape index (κ2) is 3.75. The van der Waals surface area contributed by atoms with Gasteiger partial charge in [0.25, 0.3) is 0 Å². The molecule has 84 valence electrons. The van der Waals surface area contributed by atoms with Crippen molar-refractivity contribution >= 4 is 0 Å². The van der Waals surface area contributed by atoms with Gasteiger partial charge in [-0.05, 0) is 19.1 Å². The molecule has 1 fully saturated rings. The van der Waals surface area contributed by atoms with Crippen LogP contribution in [-0.4, -0.2) is 27.8 Å². The van der Waals surface area contributed by atoms with Crippen LogP contribution in [-0.2, 0) is 6.54 Å². The second-order valence-electron chi connectivity index (χ2n) is 3.99. The van der Waals surface area contributed by atoms with Crippen molar-refractivity contribution in [1.29, 1.82) is 0 Å². The van der Waals surface area contributed by atoms with E-state index in [9.17, 15) is 0 Å². The van der Waals surface area contributed by atoms with E-state index in [0.717, 1.165) is 31.2 Å². The first-order valence-corrected chi connectivity index (χ1v) is 5.58. The van der Waals surface area contributed by atoms with Gasteiger partial charge in [-0.3, -0.25) is 0 Å². The zero-order valence-corrected chi connectivity index (χ0v) is 9.18. The van der Waals surface area contributed by atoms with Gasteiger partial charge in [0.1, 0.15) is 0 Å². The van der Waals surface area contributed by atoms with Crippen LogP contribution in [0, 0.1) is 0 Å². The Morgan fingerprint density at radius 3 is 3.12 bits per heavy atom. The lowest BCUT2D eigenvalue weighted by atomic mass is 10.0. The van der Waals surface area contributed by atoms with Crippen LogP contribution in [0.15, 0.2) is 22.9 Å². The van der Waals surface area contributed by atoms with Crippen molar-refractivity contribution in [3.8, 4) is 11.5 Å². The predicted molar refractivity (Wildman–Crippen MR) is 59.0 cm³/mol. The van der Waals surface area contributed by atoms with E-state index < -0.39 is 0 Å². The Morgan fingerprint density at radius 1 is 1.56 bits per heavy atom. The standard InChI is InChI=1S/C11H14N4O/c1-2-15-5-3-4-9(15)10-13-11(16-14-10)8-6-12-7-8/h3-5,8,12H,2,6-7H2,1H3. The molecule has 3 rings (SSSR count). The Bertz CT molecular complexity index is 484. The van der Waals surface area contributed by atoms with Gasteiger partial charge in [-0.1, -0.05) is 5.16 Å². The minimum absolute atomic E-state index is 0.395. The third kappa shape index (κ3) is 1.44. The van der Waals surface area contributed by atoms with Gasteiger partial charge in [-0.2, -0.15) is 4.98 Å². The molecule has 3 heterocycles. The molecule has 0 aromatic carbocycles. The molecule has 5 nitrogen and oxygen atoms in total. The molecule has 1 aliphatic heterocycles. The van der Waals surface area contributed by atoms with Crippen LogP contribution in [0.5, 0.6) is 0 Å². The summed E-state index contributed by atoms with van der Waals surface area (Å²) in [6.07, 6.45) is 2.02.